The highest BCUT2D eigenvalue weighted by Crippen LogP contribution is 2.29. The Morgan fingerprint density at radius 1 is 1.19 bits per heavy atom. The van der Waals surface area contributed by atoms with Gasteiger partial charge < -0.3 is 9.97 Å². The molecule has 0 saturated heterocycles. The van der Waals surface area contributed by atoms with E-state index in [1.54, 1.807) is 6.08 Å². The van der Waals surface area contributed by atoms with Crippen molar-refractivity contribution in [1.82, 2.24) is 9.97 Å². The zero-order chi connectivity index (χ0) is 11.3. The topological polar surface area (TPSA) is 65.7 Å². The monoisotopic (exact) mass is 234 g/mol. The highest BCUT2D eigenvalue weighted by molar-refractivity contribution is 6.33. The second-order valence-electron chi connectivity index (χ2n) is 3.69. The van der Waals surface area contributed by atoms with Crippen molar-refractivity contribution in [3.05, 3.63) is 54.2 Å². The van der Waals surface area contributed by atoms with Crippen LogP contribution in [0, 0.1) is 0 Å². The summed E-state index contributed by atoms with van der Waals surface area (Å²) in [6, 6.07) is 0. The van der Waals surface area contributed by atoms with E-state index in [1.807, 2.05) is 12.2 Å². The molecule has 0 bridgehead atoms. The molecule has 3 rings (SSSR count). The highest BCUT2D eigenvalue weighted by Gasteiger charge is 2.17. The van der Waals surface area contributed by atoms with Crippen LogP contribution in [0.4, 0.5) is 0 Å². The third-order valence-electron chi connectivity index (χ3n) is 2.72. The minimum atomic E-state index is -0.640. The molecule has 1 aromatic rings. The summed E-state index contributed by atoms with van der Waals surface area (Å²) in [7, 11) is 0. The Labute approximate surface area is 94.3 Å². The Bertz CT molecular complexity index is 777. The van der Waals surface area contributed by atoms with Gasteiger partial charge in [0.15, 0.2) is 0 Å². The first kappa shape index (κ1) is 9.42. The minimum Gasteiger partial charge on any atom is -0.316 e. The van der Waals surface area contributed by atoms with Crippen molar-refractivity contribution >= 4 is 23.3 Å². The largest absolute Gasteiger partial charge is 0.316 e. The lowest BCUT2D eigenvalue weighted by Gasteiger charge is -2.07. The molecule has 0 aliphatic heterocycles. The van der Waals surface area contributed by atoms with Crippen molar-refractivity contribution in [2.45, 2.75) is 6.42 Å². The fourth-order valence-corrected chi connectivity index (χ4v) is 2.24. The Morgan fingerprint density at radius 2 is 1.94 bits per heavy atom. The molecule has 1 aromatic heterocycles. The molecule has 0 fully saturated rings. The molecule has 1 heterocycles. The van der Waals surface area contributed by atoms with Crippen LogP contribution >= 0.6 is 11.6 Å². The van der Waals surface area contributed by atoms with Gasteiger partial charge in [-0.25, -0.2) is 0 Å². The second-order valence-corrected chi connectivity index (χ2v) is 4.10. The zero-order valence-corrected chi connectivity index (χ0v) is 8.89. The molecule has 2 aliphatic rings. The molecule has 0 unspecified atom stereocenters. The summed E-state index contributed by atoms with van der Waals surface area (Å²) in [5, 5.41) is 1.91. The predicted octanol–water partition coefficient (Wildman–Crippen LogP) is -0.539. The van der Waals surface area contributed by atoms with Gasteiger partial charge in [0.2, 0.25) is 0 Å². The average Bonchev–Trinajstić information content (AvgIpc) is 2.59. The normalized spacial score (nSPS) is 17.2. The maximum absolute atomic E-state index is 11.2. The number of rotatable bonds is 0. The third kappa shape index (κ3) is 1.17. The average molecular weight is 235 g/mol. The van der Waals surface area contributed by atoms with Gasteiger partial charge in [0.05, 0.1) is 10.7 Å². The Morgan fingerprint density at radius 3 is 2.75 bits per heavy atom. The van der Waals surface area contributed by atoms with E-state index in [2.05, 4.69) is 9.97 Å². The van der Waals surface area contributed by atoms with Gasteiger partial charge in [0.1, 0.15) is 0 Å². The van der Waals surface area contributed by atoms with Gasteiger partial charge in [-0.15, -0.1) is 0 Å². The van der Waals surface area contributed by atoms with E-state index < -0.39 is 11.1 Å². The van der Waals surface area contributed by atoms with Crippen LogP contribution in [-0.4, -0.2) is 9.97 Å². The van der Waals surface area contributed by atoms with Gasteiger partial charge in [0, 0.05) is 10.6 Å². The molecule has 0 spiro atoms. The van der Waals surface area contributed by atoms with E-state index >= 15 is 0 Å². The maximum Gasteiger partial charge on any atom is 0.314 e. The van der Waals surface area contributed by atoms with Crippen molar-refractivity contribution < 1.29 is 0 Å². The molecule has 4 nitrogen and oxygen atoms in total. The lowest BCUT2D eigenvalue weighted by molar-refractivity contribution is 1.00. The quantitative estimate of drug-likeness (QED) is 0.593. The molecular weight excluding hydrogens is 228 g/mol. The molecule has 16 heavy (non-hydrogen) atoms. The summed E-state index contributed by atoms with van der Waals surface area (Å²) in [5.74, 6) is 0. The molecular formula is C11H7ClN2O2. The SMILES string of the molecule is O=c1[nH]c2c([nH]c1=O)=C1CC=CC(Cl)=C1C=2. The van der Waals surface area contributed by atoms with Crippen molar-refractivity contribution in [3.8, 4) is 0 Å². The van der Waals surface area contributed by atoms with Gasteiger partial charge in [-0.3, -0.25) is 9.59 Å². The first-order chi connectivity index (χ1) is 7.66. The number of aromatic amines is 2. The summed E-state index contributed by atoms with van der Waals surface area (Å²) >= 11 is 6.04. The molecule has 0 atom stereocenters. The van der Waals surface area contributed by atoms with Crippen LogP contribution in [-0.2, 0) is 0 Å². The molecule has 0 amide bonds. The number of nitrogens with one attached hydrogen (secondary N) is 2. The van der Waals surface area contributed by atoms with Crippen molar-refractivity contribution in [1.29, 1.82) is 0 Å². The van der Waals surface area contributed by atoms with Gasteiger partial charge >= 0.3 is 11.1 Å². The lowest BCUT2D eigenvalue weighted by Crippen LogP contribution is -2.46. The van der Waals surface area contributed by atoms with E-state index in [-0.39, 0.29) is 0 Å². The van der Waals surface area contributed by atoms with Gasteiger partial charge in [-0.1, -0.05) is 17.7 Å². The first-order valence-electron chi connectivity index (χ1n) is 4.81. The standard InChI is InChI=1S/C11H7ClN2O2/c12-7-3-1-2-5-6(7)4-8-9(5)14-11(16)10(15)13-8/h1,3-4H,2H2,(H,13,15)(H,14,16). The molecule has 0 radical (unpaired) electrons. The smallest absolute Gasteiger partial charge is 0.314 e. The number of fused-ring (bicyclic) bond motifs is 2. The van der Waals surface area contributed by atoms with E-state index in [4.69, 9.17) is 11.6 Å². The number of aromatic nitrogens is 2. The van der Waals surface area contributed by atoms with Crippen LogP contribution in [0.5, 0.6) is 0 Å². The number of H-pyrrole nitrogens is 2. The maximum atomic E-state index is 11.2. The highest BCUT2D eigenvalue weighted by atomic mass is 35.5. The summed E-state index contributed by atoms with van der Waals surface area (Å²) in [4.78, 5) is 27.5. The van der Waals surface area contributed by atoms with Crippen molar-refractivity contribution in [2.75, 3.05) is 0 Å². The molecule has 2 N–H and O–H groups in total. The van der Waals surface area contributed by atoms with Crippen LogP contribution in [0.1, 0.15) is 6.42 Å². The van der Waals surface area contributed by atoms with Crippen molar-refractivity contribution in [3.63, 3.8) is 0 Å². The number of allylic oxidation sites excluding steroid dienone is 4. The number of halogens is 1. The fraction of sp³-hybridized carbons (Fsp3) is 0.0909. The van der Waals surface area contributed by atoms with Gasteiger partial charge in [-0.2, -0.15) is 0 Å². The Kier molecular flexibility index (Phi) is 1.82. The van der Waals surface area contributed by atoms with Crippen LogP contribution in [0.25, 0.3) is 11.6 Å². The summed E-state index contributed by atoms with van der Waals surface area (Å²) in [6.07, 6.45) is 6.23. The van der Waals surface area contributed by atoms with Crippen molar-refractivity contribution in [2.24, 2.45) is 0 Å². The number of hydrogen-bond donors (Lipinski definition) is 2. The van der Waals surface area contributed by atoms with E-state index in [1.165, 1.54) is 0 Å². The fourth-order valence-electron chi connectivity index (χ4n) is 1.99. The van der Waals surface area contributed by atoms with E-state index in [0.29, 0.717) is 22.2 Å². The predicted molar refractivity (Wildman–Crippen MR) is 61.4 cm³/mol. The second kappa shape index (κ2) is 3.09. The van der Waals surface area contributed by atoms with Crippen LogP contribution in [0.2, 0.25) is 0 Å². The molecule has 2 aliphatic carbocycles. The van der Waals surface area contributed by atoms with Gasteiger partial charge in [-0.05, 0) is 24.1 Å². The first-order valence-corrected chi connectivity index (χ1v) is 5.19. The Balaban J connectivity index is 2.54. The van der Waals surface area contributed by atoms with Crippen LogP contribution in [0.3, 0.4) is 0 Å². The lowest BCUT2D eigenvalue weighted by atomic mass is 10.0. The minimum absolute atomic E-state index is 0.622. The summed E-state index contributed by atoms with van der Waals surface area (Å²) < 4.78 is 0. The van der Waals surface area contributed by atoms with Crippen LogP contribution < -0.4 is 21.8 Å². The summed E-state index contributed by atoms with van der Waals surface area (Å²) in [6.45, 7) is 0. The van der Waals surface area contributed by atoms with Gasteiger partial charge in [0.25, 0.3) is 0 Å². The van der Waals surface area contributed by atoms with E-state index in [9.17, 15) is 9.59 Å². The summed E-state index contributed by atoms with van der Waals surface area (Å²) in [5.41, 5.74) is 0.554. The third-order valence-corrected chi connectivity index (χ3v) is 3.05. The molecule has 0 aromatic carbocycles. The number of hydrogen-bond acceptors (Lipinski definition) is 2. The molecule has 5 heteroatoms. The molecule has 0 saturated carbocycles. The Hall–Kier alpha value is -1.81. The van der Waals surface area contributed by atoms with Crippen LogP contribution in [0.15, 0.2) is 32.3 Å². The molecule has 80 valence electrons. The zero-order valence-electron chi connectivity index (χ0n) is 8.13. The van der Waals surface area contributed by atoms with E-state index in [0.717, 1.165) is 11.1 Å².